The third-order valence-electron chi connectivity index (χ3n) is 4.92. The van der Waals surface area contributed by atoms with Gasteiger partial charge in [-0.1, -0.05) is 46.3 Å². The molecule has 2 atom stereocenters. The van der Waals surface area contributed by atoms with Gasteiger partial charge in [0.05, 0.1) is 12.7 Å². The Kier molecular flexibility index (Phi) is 6.51. The summed E-state index contributed by atoms with van der Waals surface area (Å²) in [5.41, 5.74) is 2.58. The number of nitrogens with zero attached hydrogens (tertiary/aromatic N) is 1. The summed E-state index contributed by atoms with van der Waals surface area (Å²) in [4.78, 5) is 2.23. The number of hydrogen-bond donors (Lipinski definition) is 1. The fourth-order valence-electron chi connectivity index (χ4n) is 3.50. The number of benzene rings is 2. The van der Waals surface area contributed by atoms with Crippen LogP contribution in [0.3, 0.4) is 0 Å². The summed E-state index contributed by atoms with van der Waals surface area (Å²) in [5, 5.41) is 9.75. The van der Waals surface area contributed by atoms with Crippen LogP contribution in [0.4, 0.5) is 0 Å². The summed E-state index contributed by atoms with van der Waals surface area (Å²) in [6.07, 6.45) is 3.57. The molecular formula is C21H26BrNO2. The lowest BCUT2D eigenvalue weighted by molar-refractivity contribution is 0.182. The molecule has 1 aliphatic rings. The molecule has 0 saturated carbocycles. The zero-order valence-electron chi connectivity index (χ0n) is 14.7. The molecule has 134 valence electrons. The van der Waals surface area contributed by atoms with Crippen molar-refractivity contribution >= 4 is 15.9 Å². The molecule has 25 heavy (non-hydrogen) atoms. The van der Waals surface area contributed by atoms with Crippen molar-refractivity contribution in [3.63, 3.8) is 0 Å². The molecule has 1 fully saturated rings. The van der Waals surface area contributed by atoms with Gasteiger partial charge in [-0.05, 0) is 62.1 Å². The summed E-state index contributed by atoms with van der Waals surface area (Å²) < 4.78 is 7.18. The van der Waals surface area contributed by atoms with E-state index < -0.39 is 0 Å². The number of likely N-dealkylation sites (tertiary alicyclic amines) is 1. The van der Waals surface area contributed by atoms with Crippen molar-refractivity contribution in [2.75, 3.05) is 20.2 Å². The van der Waals surface area contributed by atoms with Gasteiger partial charge in [0.25, 0.3) is 0 Å². The molecule has 0 amide bonds. The number of aliphatic hydroxyl groups is 1. The Morgan fingerprint density at radius 1 is 1.16 bits per heavy atom. The van der Waals surface area contributed by atoms with Crippen molar-refractivity contribution < 1.29 is 9.84 Å². The van der Waals surface area contributed by atoms with E-state index in [2.05, 4.69) is 64.3 Å². The molecule has 0 bridgehead atoms. The smallest absolute Gasteiger partial charge is 0.122 e. The maximum atomic E-state index is 9.75. The van der Waals surface area contributed by atoms with Gasteiger partial charge in [0.15, 0.2) is 0 Å². The van der Waals surface area contributed by atoms with Crippen LogP contribution >= 0.6 is 15.9 Å². The Hall–Kier alpha value is -1.36. The highest BCUT2D eigenvalue weighted by Crippen LogP contribution is 2.26. The molecule has 0 unspecified atom stereocenters. The largest absolute Gasteiger partial charge is 0.493 e. The molecule has 0 radical (unpaired) electrons. The first-order chi connectivity index (χ1) is 12.1. The van der Waals surface area contributed by atoms with Gasteiger partial charge in [0, 0.05) is 17.1 Å². The molecule has 2 aromatic rings. The summed E-state index contributed by atoms with van der Waals surface area (Å²) in [5.74, 6) is 0.973. The number of ether oxygens (including phenoxy) is 1. The maximum absolute atomic E-state index is 9.75. The molecule has 1 saturated heterocycles. The Labute approximate surface area is 158 Å². The van der Waals surface area contributed by atoms with E-state index in [4.69, 9.17) is 4.74 Å². The normalized spacial score (nSPS) is 20.8. The Balaban J connectivity index is 1.57. The van der Waals surface area contributed by atoms with Crippen molar-refractivity contribution in [2.45, 2.75) is 37.8 Å². The molecular weight excluding hydrogens is 378 g/mol. The van der Waals surface area contributed by atoms with E-state index in [-0.39, 0.29) is 6.10 Å². The quantitative estimate of drug-likeness (QED) is 0.755. The van der Waals surface area contributed by atoms with Gasteiger partial charge in [-0.25, -0.2) is 0 Å². The second-order valence-electron chi connectivity index (χ2n) is 6.86. The predicted molar refractivity (Wildman–Crippen MR) is 105 cm³/mol. The van der Waals surface area contributed by atoms with Crippen LogP contribution in [-0.2, 0) is 12.8 Å². The molecule has 3 nitrogen and oxygen atoms in total. The van der Waals surface area contributed by atoms with E-state index in [0.717, 1.165) is 42.5 Å². The van der Waals surface area contributed by atoms with Gasteiger partial charge in [-0.3, -0.25) is 0 Å². The monoisotopic (exact) mass is 403 g/mol. The van der Waals surface area contributed by atoms with Crippen molar-refractivity contribution in [1.82, 2.24) is 4.90 Å². The standard InChI is InChI=1S/C21H26BrNO2/c1-23-15-20(24)14-19(23)11-12-25-21-10-9-18(22)13-17(21)8-7-16-5-3-2-4-6-16/h2-6,9-10,13,19-20,24H,7-8,11-12,14-15H2,1H3/t19-,20-/m1/s1. The number of rotatable bonds is 7. The number of halogens is 1. The third kappa shape index (κ3) is 5.30. The molecule has 0 aliphatic carbocycles. The summed E-state index contributed by atoms with van der Waals surface area (Å²) in [6.45, 7) is 1.45. The lowest BCUT2D eigenvalue weighted by atomic mass is 10.0. The minimum Gasteiger partial charge on any atom is -0.493 e. The van der Waals surface area contributed by atoms with E-state index in [0.29, 0.717) is 12.6 Å². The Bertz CT molecular complexity index is 677. The Morgan fingerprint density at radius 2 is 1.96 bits per heavy atom. The Morgan fingerprint density at radius 3 is 2.68 bits per heavy atom. The van der Waals surface area contributed by atoms with Crippen LogP contribution in [-0.4, -0.2) is 42.4 Å². The first-order valence-corrected chi connectivity index (χ1v) is 9.74. The molecule has 1 N–H and O–H groups in total. The van der Waals surface area contributed by atoms with E-state index in [1.807, 2.05) is 12.1 Å². The fraction of sp³-hybridized carbons (Fsp3) is 0.429. The number of aliphatic hydroxyl groups excluding tert-OH is 1. The number of likely N-dealkylation sites (N-methyl/N-ethyl adjacent to an activating group) is 1. The maximum Gasteiger partial charge on any atom is 0.122 e. The second-order valence-corrected chi connectivity index (χ2v) is 7.77. The summed E-state index contributed by atoms with van der Waals surface area (Å²) in [6, 6.07) is 17.2. The van der Waals surface area contributed by atoms with Crippen LogP contribution in [0, 0.1) is 0 Å². The van der Waals surface area contributed by atoms with Crippen molar-refractivity contribution in [1.29, 1.82) is 0 Å². The number of β-amino-alcohol motifs (C(OH)–C–C–N with tert-alkyl or cyclic N) is 1. The average molecular weight is 404 g/mol. The predicted octanol–water partition coefficient (Wildman–Crippen LogP) is 4.07. The van der Waals surface area contributed by atoms with Crippen LogP contribution in [0.1, 0.15) is 24.0 Å². The first-order valence-electron chi connectivity index (χ1n) is 8.95. The number of hydrogen-bond acceptors (Lipinski definition) is 3. The fourth-order valence-corrected chi connectivity index (χ4v) is 3.91. The van der Waals surface area contributed by atoms with E-state index in [1.165, 1.54) is 11.1 Å². The van der Waals surface area contributed by atoms with Gasteiger partial charge in [-0.15, -0.1) is 0 Å². The average Bonchev–Trinajstić information content (AvgIpc) is 2.93. The zero-order chi connectivity index (χ0) is 17.6. The highest BCUT2D eigenvalue weighted by atomic mass is 79.9. The van der Waals surface area contributed by atoms with Gasteiger partial charge in [-0.2, -0.15) is 0 Å². The van der Waals surface area contributed by atoms with E-state index >= 15 is 0 Å². The first kappa shape index (κ1) is 18.4. The van der Waals surface area contributed by atoms with Crippen LogP contribution in [0.5, 0.6) is 5.75 Å². The highest BCUT2D eigenvalue weighted by Gasteiger charge is 2.27. The SMILES string of the molecule is CN1C[C@H](O)C[C@H]1CCOc1ccc(Br)cc1CCc1ccccc1. The minimum absolute atomic E-state index is 0.191. The van der Waals surface area contributed by atoms with Crippen molar-refractivity contribution in [2.24, 2.45) is 0 Å². The van der Waals surface area contributed by atoms with Crippen LogP contribution in [0.25, 0.3) is 0 Å². The van der Waals surface area contributed by atoms with Crippen LogP contribution in [0.2, 0.25) is 0 Å². The molecule has 0 spiro atoms. The number of aryl methyl sites for hydroxylation is 2. The van der Waals surface area contributed by atoms with Crippen molar-refractivity contribution in [3.05, 3.63) is 64.1 Å². The minimum atomic E-state index is -0.191. The van der Waals surface area contributed by atoms with Crippen LogP contribution in [0.15, 0.2) is 53.0 Å². The zero-order valence-corrected chi connectivity index (χ0v) is 16.3. The topological polar surface area (TPSA) is 32.7 Å². The van der Waals surface area contributed by atoms with Gasteiger partial charge in [0.1, 0.15) is 5.75 Å². The second kappa shape index (κ2) is 8.84. The molecule has 2 aromatic carbocycles. The van der Waals surface area contributed by atoms with Crippen molar-refractivity contribution in [3.8, 4) is 5.75 Å². The summed E-state index contributed by atoms with van der Waals surface area (Å²) in [7, 11) is 2.08. The van der Waals surface area contributed by atoms with Gasteiger partial charge in [0.2, 0.25) is 0 Å². The lowest BCUT2D eigenvalue weighted by Crippen LogP contribution is -2.26. The van der Waals surface area contributed by atoms with Gasteiger partial charge >= 0.3 is 0 Å². The molecule has 1 aliphatic heterocycles. The molecule has 1 heterocycles. The van der Waals surface area contributed by atoms with Gasteiger partial charge < -0.3 is 14.7 Å². The van der Waals surface area contributed by atoms with E-state index in [1.54, 1.807) is 0 Å². The third-order valence-corrected chi connectivity index (χ3v) is 5.42. The summed E-state index contributed by atoms with van der Waals surface area (Å²) >= 11 is 3.57. The highest BCUT2D eigenvalue weighted by molar-refractivity contribution is 9.10. The molecule has 3 rings (SSSR count). The molecule has 0 aromatic heterocycles. The lowest BCUT2D eigenvalue weighted by Gasteiger charge is -2.19. The molecule has 4 heteroatoms. The van der Waals surface area contributed by atoms with E-state index in [9.17, 15) is 5.11 Å². The van der Waals surface area contributed by atoms with Crippen LogP contribution < -0.4 is 4.74 Å².